The number of morpholine rings is 1. The first-order valence-electron chi connectivity index (χ1n) is 7.05. The van der Waals surface area contributed by atoms with Crippen LogP contribution in [0.25, 0.3) is 0 Å². The van der Waals surface area contributed by atoms with E-state index in [1.165, 1.54) is 12.1 Å². The molecule has 0 aromatic heterocycles. The fourth-order valence-electron chi connectivity index (χ4n) is 2.13. The number of ether oxygens (including phenoxy) is 3. The van der Waals surface area contributed by atoms with Gasteiger partial charge in [0.15, 0.2) is 0 Å². The molecule has 116 valence electrons. The van der Waals surface area contributed by atoms with Gasteiger partial charge in [-0.25, -0.2) is 4.39 Å². The molecule has 5 nitrogen and oxygen atoms in total. The normalized spacial score (nSPS) is 19.2. The molecule has 0 bridgehead atoms. The molecule has 1 aromatic rings. The van der Waals surface area contributed by atoms with E-state index in [2.05, 4.69) is 0 Å². The number of halogens is 1. The smallest absolute Gasteiger partial charge is 0.320 e. The van der Waals surface area contributed by atoms with Crippen LogP contribution in [0.15, 0.2) is 24.3 Å². The highest BCUT2D eigenvalue weighted by Gasteiger charge is 2.23. The number of hydrogen-bond acceptors (Lipinski definition) is 5. The number of carbonyl (C=O) groups is 1. The Morgan fingerprint density at radius 1 is 1.43 bits per heavy atom. The second-order valence-electron chi connectivity index (χ2n) is 4.80. The van der Waals surface area contributed by atoms with Gasteiger partial charge in [-0.3, -0.25) is 9.69 Å². The second kappa shape index (κ2) is 7.95. The molecule has 1 atom stereocenters. The summed E-state index contributed by atoms with van der Waals surface area (Å²) in [5.74, 6) is 0.0806. The van der Waals surface area contributed by atoms with Crippen molar-refractivity contribution in [3.63, 3.8) is 0 Å². The fraction of sp³-hybridized carbons (Fsp3) is 0.533. The second-order valence-corrected chi connectivity index (χ2v) is 4.80. The van der Waals surface area contributed by atoms with Crippen LogP contribution in [0.4, 0.5) is 4.39 Å². The van der Waals surface area contributed by atoms with Crippen LogP contribution in [0.2, 0.25) is 0 Å². The number of esters is 1. The Hall–Kier alpha value is -1.66. The lowest BCUT2D eigenvalue weighted by atomic mass is 10.3. The zero-order valence-corrected chi connectivity index (χ0v) is 12.1. The maximum Gasteiger partial charge on any atom is 0.320 e. The molecule has 0 N–H and O–H groups in total. The van der Waals surface area contributed by atoms with E-state index in [1.54, 1.807) is 19.1 Å². The number of hydrogen-bond donors (Lipinski definition) is 0. The highest BCUT2D eigenvalue weighted by atomic mass is 19.1. The van der Waals surface area contributed by atoms with Gasteiger partial charge in [0.1, 0.15) is 24.3 Å². The Bertz CT molecular complexity index is 451. The van der Waals surface area contributed by atoms with E-state index in [9.17, 15) is 9.18 Å². The summed E-state index contributed by atoms with van der Waals surface area (Å²) >= 11 is 0. The third-order valence-electron chi connectivity index (χ3n) is 3.13. The van der Waals surface area contributed by atoms with Gasteiger partial charge >= 0.3 is 5.97 Å². The average Bonchev–Trinajstić information content (AvgIpc) is 2.47. The van der Waals surface area contributed by atoms with E-state index in [-0.39, 0.29) is 24.4 Å². The molecule has 1 heterocycles. The minimum atomic E-state index is -0.295. The van der Waals surface area contributed by atoms with Gasteiger partial charge in [-0.1, -0.05) is 0 Å². The van der Waals surface area contributed by atoms with Gasteiger partial charge in [0, 0.05) is 13.1 Å². The van der Waals surface area contributed by atoms with Gasteiger partial charge in [-0.05, 0) is 31.2 Å². The Balaban J connectivity index is 1.76. The monoisotopic (exact) mass is 297 g/mol. The van der Waals surface area contributed by atoms with Gasteiger partial charge in [-0.15, -0.1) is 0 Å². The Kier molecular flexibility index (Phi) is 5.95. The average molecular weight is 297 g/mol. The molecule has 0 unspecified atom stereocenters. The first-order chi connectivity index (χ1) is 10.2. The molecule has 21 heavy (non-hydrogen) atoms. The Labute approximate surface area is 123 Å². The van der Waals surface area contributed by atoms with Gasteiger partial charge < -0.3 is 14.2 Å². The minimum Gasteiger partial charge on any atom is -0.491 e. The molecule has 1 saturated heterocycles. The minimum absolute atomic E-state index is 0.113. The Morgan fingerprint density at radius 3 is 2.90 bits per heavy atom. The lowest BCUT2D eigenvalue weighted by Crippen LogP contribution is -2.47. The van der Waals surface area contributed by atoms with Crippen molar-refractivity contribution < 1.29 is 23.4 Å². The Morgan fingerprint density at radius 2 is 2.19 bits per heavy atom. The number of benzene rings is 1. The summed E-state index contributed by atoms with van der Waals surface area (Å²) < 4.78 is 28.9. The van der Waals surface area contributed by atoms with Crippen molar-refractivity contribution in [1.82, 2.24) is 4.90 Å². The van der Waals surface area contributed by atoms with Crippen molar-refractivity contribution in [1.29, 1.82) is 0 Å². The topological polar surface area (TPSA) is 48.0 Å². The summed E-state index contributed by atoms with van der Waals surface area (Å²) in [5.41, 5.74) is 0. The molecule has 1 aliphatic heterocycles. The van der Waals surface area contributed by atoms with Crippen molar-refractivity contribution in [3.05, 3.63) is 30.1 Å². The van der Waals surface area contributed by atoms with E-state index in [4.69, 9.17) is 14.2 Å². The molecule has 2 rings (SSSR count). The first-order valence-corrected chi connectivity index (χ1v) is 7.05. The largest absolute Gasteiger partial charge is 0.491 e. The lowest BCUT2D eigenvalue weighted by molar-refractivity contribution is -0.146. The predicted octanol–water partition coefficient (Wildman–Crippen LogP) is 1.47. The molecule has 1 aromatic carbocycles. The molecule has 1 fully saturated rings. The van der Waals surface area contributed by atoms with Gasteiger partial charge in [0.2, 0.25) is 0 Å². The van der Waals surface area contributed by atoms with Crippen LogP contribution in [-0.4, -0.2) is 56.4 Å². The number of nitrogens with zero attached hydrogens (tertiary/aromatic N) is 1. The summed E-state index contributed by atoms with van der Waals surface area (Å²) in [5, 5.41) is 0. The molecule has 0 amide bonds. The standard InChI is InChI=1S/C15H20FNO4/c1-2-19-15(18)10-17-7-8-20-14(9-17)11-21-13-5-3-12(16)4-6-13/h3-6,14H,2,7-11H2,1H3/t14-/m1/s1. The van der Waals surface area contributed by atoms with Crippen molar-refractivity contribution in [2.75, 3.05) is 39.5 Å². The van der Waals surface area contributed by atoms with Crippen molar-refractivity contribution >= 4 is 5.97 Å². The zero-order valence-electron chi connectivity index (χ0n) is 12.1. The van der Waals surface area contributed by atoms with Crippen LogP contribution in [0, 0.1) is 5.82 Å². The molecule has 0 aliphatic carbocycles. The molecule has 6 heteroatoms. The molecule has 0 radical (unpaired) electrons. The summed E-state index contributed by atoms with van der Waals surface area (Å²) in [6.45, 7) is 4.68. The van der Waals surface area contributed by atoms with E-state index in [1.807, 2.05) is 4.90 Å². The molecular weight excluding hydrogens is 277 g/mol. The lowest BCUT2D eigenvalue weighted by Gasteiger charge is -2.31. The van der Waals surface area contributed by atoms with Crippen LogP contribution in [0.5, 0.6) is 5.75 Å². The maximum atomic E-state index is 12.8. The number of rotatable bonds is 6. The third-order valence-corrected chi connectivity index (χ3v) is 3.13. The predicted molar refractivity (Wildman–Crippen MR) is 74.7 cm³/mol. The maximum absolute atomic E-state index is 12.8. The first kappa shape index (κ1) is 15.7. The van der Waals surface area contributed by atoms with Gasteiger partial charge in [-0.2, -0.15) is 0 Å². The summed E-state index contributed by atoms with van der Waals surface area (Å²) in [6, 6.07) is 5.86. The molecule has 0 saturated carbocycles. The van der Waals surface area contributed by atoms with Crippen molar-refractivity contribution in [2.45, 2.75) is 13.0 Å². The van der Waals surface area contributed by atoms with Gasteiger partial charge in [0.05, 0.1) is 19.8 Å². The highest BCUT2D eigenvalue weighted by Crippen LogP contribution is 2.13. The van der Waals surface area contributed by atoms with Crippen molar-refractivity contribution in [3.8, 4) is 5.75 Å². The summed E-state index contributed by atoms with van der Waals surface area (Å²) in [4.78, 5) is 13.4. The van der Waals surface area contributed by atoms with Crippen LogP contribution in [-0.2, 0) is 14.3 Å². The van der Waals surface area contributed by atoms with E-state index >= 15 is 0 Å². The van der Waals surface area contributed by atoms with Crippen LogP contribution < -0.4 is 4.74 Å². The quantitative estimate of drug-likeness (QED) is 0.744. The van der Waals surface area contributed by atoms with Crippen LogP contribution >= 0.6 is 0 Å². The van der Waals surface area contributed by atoms with E-state index in [0.717, 1.165) is 0 Å². The van der Waals surface area contributed by atoms with Crippen LogP contribution in [0.3, 0.4) is 0 Å². The molecule has 1 aliphatic rings. The molecule has 0 spiro atoms. The molecular formula is C15H20FNO4. The summed E-state index contributed by atoms with van der Waals surface area (Å²) in [7, 11) is 0. The fourth-order valence-corrected chi connectivity index (χ4v) is 2.13. The van der Waals surface area contributed by atoms with Crippen molar-refractivity contribution in [2.24, 2.45) is 0 Å². The van der Waals surface area contributed by atoms with Gasteiger partial charge in [0.25, 0.3) is 0 Å². The van der Waals surface area contributed by atoms with E-state index in [0.29, 0.717) is 38.7 Å². The van der Waals surface area contributed by atoms with E-state index < -0.39 is 0 Å². The van der Waals surface area contributed by atoms with Crippen LogP contribution in [0.1, 0.15) is 6.92 Å². The summed E-state index contributed by atoms with van der Waals surface area (Å²) in [6.07, 6.45) is -0.113. The SMILES string of the molecule is CCOC(=O)CN1CCO[C@@H](COc2ccc(F)cc2)C1. The third kappa shape index (κ3) is 5.32. The number of carbonyl (C=O) groups excluding carboxylic acids is 1. The zero-order chi connectivity index (χ0) is 15.1. The highest BCUT2D eigenvalue weighted by molar-refractivity contribution is 5.71.